The molecule has 19 heavy (non-hydrogen) atoms. The van der Waals surface area contributed by atoms with Crippen LogP contribution in [0.5, 0.6) is 0 Å². The standard InChI is InChI=1S/C13H18N4S2/c1-2-12-16-8-10-19(12,17-13(14)18)9-6-11-5-3-4-7-15-11/h3-5,7-8,10H,2,6,9H2,1H3,(H3,14,17,18). The predicted octanol–water partition coefficient (Wildman–Crippen LogP) is 2.47. The van der Waals surface area contributed by atoms with Gasteiger partial charge in [0.1, 0.15) is 0 Å². The molecule has 0 spiro atoms. The minimum absolute atomic E-state index is 0.337. The molecule has 1 aromatic heterocycles. The SMILES string of the molecule is CCC1=NC=CS1(CCc1ccccn1)NC(N)=S. The van der Waals surface area contributed by atoms with Gasteiger partial charge in [0.15, 0.2) is 5.11 Å². The van der Waals surface area contributed by atoms with Crippen molar-refractivity contribution in [2.75, 3.05) is 5.75 Å². The van der Waals surface area contributed by atoms with E-state index in [4.69, 9.17) is 18.0 Å². The fraction of sp³-hybridized carbons (Fsp3) is 0.308. The Morgan fingerprint density at radius 2 is 2.32 bits per heavy atom. The lowest BCUT2D eigenvalue weighted by Crippen LogP contribution is -2.36. The number of aliphatic imine (C=N–C) groups is 1. The summed E-state index contributed by atoms with van der Waals surface area (Å²) >= 11 is 5.02. The van der Waals surface area contributed by atoms with Gasteiger partial charge >= 0.3 is 0 Å². The van der Waals surface area contributed by atoms with Crippen molar-refractivity contribution < 1.29 is 0 Å². The van der Waals surface area contributed by atoms with Gasteiger partial charge in [0, 0.05) is 23.8 Å². The van der Waals surface area contributed by atoms with Crippen LogP contribution in [0.4, 0.5) is 0 Å². The smallest absolute Gasteiger partial charge is 0.173 e. The molecule has 102 valence electrons. The first-order valence-corrected chi connectivity index (χ1v) is 8.45. The van der Waals surface area contributed by atoms with Gasteiger partial charge in [-0.2, -0.15) is 0 Å². The number of rotatable bonds is 5. The van der Waals surface area contributed by atoms with Crippen LogP contribution in [0.2, 0.25) is 0 Å². The fourth-order valence-corrected chi connectivity index (χ4v) is 5.25. The molecule has 2 rings (SSSR count). The molecule has 0 fully saturated rings. The molecule has 6 heteroatoms. The molecular weight excluding hydrogens is 276 g/mol. The number of aryl methyl sites for hydroxylation is 1. The number of nitrogens with zero attached hydrogens (tertiary/aromatic N) is 2. The van der Waals surface area contributed by atoms with Crippen molar-refractivity contribution in [3.8, 4) is 0 Å². The first-order chi connectivity index (χ1) is 9.16. The first kappa shape index (κ1) is 14.0. The largest absolute Gasteiger partial charge is 0.376 e. The molecule has 0 aliphatic carbocycles. The highest BCUT2D eigenvalue weighted by atomic mass is 32.3. The highest BCUT2D eigenvalue weighted by Gasteiger charge is 2.29. The number of hydrogen-bond acceptors (Lipinski definition) is 3. The highest BCUT2D eigenvalue weighted by molar-refractivity contribution is 8.46. The lowest BCUT2D eigenvalue weighted by molar-refractivity contribution is 1.04. The van der Waals surface area contributed by atoms with Gasteiger partial charge < -0.3 is 10.5 Å². The molecule has 1 atom stereocenters. The first-order valence-electron chi connectivity index (χ1n) is 6.18. The van der Waals surface area contributed by atoms with Gasteiger partial charge in [-0.05, 0) is 42.6 Å². The average Bonchev–Trinajstić information content (AvgIpc) is 2.80. The number of nitrogens with one attached hydrogen (secondary N) is 1. The van der Waals surface area contributed by atoms with Crippen LogP contribution < -0.4 is 10.5 Å². The van der Waals surface area contributed by atoms with Crippen LogP contribution in [0.3, 0.4) is 0 Å². The number of pyridine rings is 1. The quantitative estimate of drug-likeness (QED) is 0.819. The lowest BCUT2D eigenvalue weighted by Gasteiger charge is -2.36. The van der Waals surface area contributed by atoms with Crippen molar-refractivity contribution in [2.24, 2.45) is 10.7 Å². The second-order valence-electron chi connectivity index (χ2n) is 4.20. The van der Waals surface area contributed by atoms with Crippen LogP contribution in [0.1, 0.15) is 19.0 Å². The Hall–Kier alpha value is -1.40. The highest BCUT2D eigenvalue weighted by Crippen LogP contribution is 2.51. The topological polar surface area (TPSA) is 63.3 Å². The summed E-state index contributed by atoms with van der Waals surface area (Å²) in [5.74, 6) is 0.921. The molecule has 0 saturated carbocycles. The van der Waals surface area contributed by atoms with Gasteiger partial charge in [0.05, 0.1) is 5.04 Å². The average molecular weight is 294 g/mol. The maximum atomic E-state index is 5.68. The van der Waals surface area contributed by atoms with E-state index < -0.39 is 10.2 Å². The van der Waals surface area contributed by atoms with Crippen molar-refractivity contribution in [1.29, 1.82) is 0 Å². The van der Waals surface area contributed by atoms with Crippen molar-refractivity contribution in [2.45, 2.75) is 19.8 Å². The molecule has 0 saturated heterocycles. The zero-order valence-electron chi connectivity index (χ0n) is 10.9. The van der Waals surface area contributed by atoms with E-state index >= 15 is 0 Å². The van der Waals surface area contributed by atoms with E-state index in [0.29, 0.717) is 5.11 Å². The van der Waals surface area contributed by atoms with Crippen LogP contribution >= 0.6 is 22.4 Å². The molecule has 1 aliphatic rings. The Kier molecular flexibility index (Phi) is 4.55. The van der Waals surface area contributed by atoms with E-state index in [-0.39, 0.29) is 0 Å². The molecular formula is C13H18N4S2. The number of hydrogen-bond donors (Lipinski definition) is 2. The molecule has 0 bridgehead atoms. The molecule has 1 unspecified atom stereocenters. The predicted molar refractivity (Wildman–Crippen MR) is 87.2 cm³/mol. The number of thiocarbonyl (C=S) groups is 1. The van der Waals surface area contributed by atoms with Crippen LogP contribution in [-0.4, -0.2) is 20.9 Å². The molecule has 4 nitrogen and oxygen atoms in total. The third kappa shape index (κ3) is 3.33. The minimum atomic E-state index is -1.34. The molecule has 1 aliphatic heterocycles. The number of nitrogens with two attached hydrogens (primary N) is 1. The fourth-order valence-electron chi connectivity index (χ4n) is 2.06. The monoisotopic (exact) mass is 294 g/mol. The third-order valence-electron chi connectivity index (χ3n) is 2.92. The second-order valence-corrected chi connectivity index (χ2v) is 7.58. The van der Waals surface area contributed by atoms with Gasteiger partial charge in [-0.1, -0.05) is 13.0 Å². The molecule has 0 aromatic carbocycles. The Morgan fingerprint density at radius 3 is 2.95 bits per heavy atom. The summed E-state index contributed by atoms with van der Waals surface area (Å²) in [6.07, 6.45) is 5.46. The van der Waals surface area contributed by atoms with Crippen molar-refractivity contribution >= 4 is 32.6 Å². The molecule has 1 aromatic rings. The summed E-state index contributed by atoms with van der Waals surface area (Å²) in [7, 11) is -1.34. The van der Waals surface area contributed by atoms with Crippen molar-refractivity contribution in [1.82, 2.24) is 9.71 Å². The van der Waals surface area contributed by atoms with Gasteiger partial charge in [-0.25, -0.2) is 0 Å². The van der Waals surface area contributed by atoms with E-state index in [1.165, 1.54) is 0 Å². The molecule has 0 amide bonds. The van der Waals surface area contributed by atoms with Crippen molar-refractivity contribution in [3.63, 3.8) is 0 Å². The summed E-state index contributed by atoms with van der Waals surface area (Å²) in [6.45, 7) is 2.11. The van der Waals surface area contributed by atoms with E-state index in [1.54, 1.807) is 0 Å². The van der Waals surface area contributed by atoms with Gasteiger partial charge in [0.2, 0.25) is 0 Å². The Morgan fingerprint density at radius 1 is 1.47 bits per heavy atom. The van der Waals surface area contributed by atoms with E-state index in [1.807, 2.05) is 30.6 Å². The zero-order valence-corrected chi connectivity index (χ0v) is 12.5. The maximum Gasteiger partial charge on any atom is 0.173 e. The Bertz CT molecular complexity index is 513. The minimum Gasteiger partial charge on any atom is -0.376 e. The summed E-state index contributed by atoms with van der Waals surface area (Å²) in [5.41, 5.74) is 6.76. The summed E-state index contributed by atoms with van der Waals surface area (Å²) < 4.78 is 3.27. The van der Waals surface area contributed by atoms with E-state index in [2.05, 4.69) is 27.0 Å². The second kappa shape index (κ2) is 6.16. The van der Waals surface area contributed by atoms with E-state index in [0.717, 1.165) is 29.3 Å². The summed E-state index contributed by atoms with van der Waals surface area (Å²) in [5, 5.41) is 3.61. The van der Waals surface area contributed by atoms with Gasteiger partial charge in [0.25, 0.3) is 0 Å². The van der Waals surface area contributed by atoms with Crippen LogP contribution in [0, 0.1) is 0 Å². The van der Waals surface area contributed by atoms with Gasteiger partial charge in [-0.15, -0.1) is 10.2 Å². The summed E-state index contributed by atoms with van der Waals surface area (Å²) in [6, 6.07) is 5.97. The molecule has 0 radical (unpaired) electrons. The molecule has 3 N–H and O–H groups in total. The maximum absolute atomic E-state index is 5.68. The summed E-state index contributed by atoms with van der Waals surface area (Å²) in [4.78, 5) is 8.81. The van der Waals surface area contributed by atoms with Gasteiger partial charge in [-0.3, -0.25) is 9.98 Å². The van der Waals surface area contributed by atoms with Crippen LogP contribution in [-0.2, 0) is 6.42 Å². The normalized spacial score (nSPS) is 24.6. The Labute approximate surface area is 120 Å². The molecule has 2 heterocycles. The van der Waals surface area contributed by atoms with Crippen LogP contribution in [0.15, 0.2) is 41.0 Å². The number of aromatic nitrogens is 1. The Balaban J connectivity index is 2.13. The van der Waals surface area contributed by atoms with Crippen LogP contribution in [0.25, 0.3) is 0 Å². The zero-order chi connectivity index (χ0) is 13.7. The van der Waals surface area contributed by atoms with E-state index in [9.17, 15) is 0 Å². The lowest BCUT2D eigenvalue weighted by atomic mass is 10.3. The van der Waals surface area contributed by atoms with Crippen molar-refractivity contribution in [3.05, 3.63) is 41.7 Å². The third-order valence-corrected chi connectivity index (χ3v) is 6.41.